The van der Waals surface area contributed by atoms with Crippen molar-refractivity contribution >= 4 is 5.97 Å². The van der Waals surface area contributed by atoms with Crippen LogP contribution in [0.5, 0.6) is 5.75 Å². The Labute approximate surface area is 221 Å². The molecule has 0 amide bonds. The summed E-state index contributed by atoms with van der Waals surface area (Å²) < 4.78 is 11.9. The van der Waals surface area contributed by atoms with Crippen LogP contribution in [0.3, 0.4) is 0 Å². The molecule has 2 unspecified atom stereocenters. The van der Waals surface area contributed by atoms with Crippen molar-refractivity contribution in [2.75, 3.05) is 6.61 Å². The average molecular weight is 495 g/mol. The van der Waals surface area contributed by atoms with Gasteiger partial charge in [-0.2, -0.15) is 0 Å². The molecule has 0 aliphatic carbocycles. The lowest BCUT2D eigenvalue weighted by Gasteiger charge is -2.18. The van der Waals surface area contributed by atoms with Gasteiger partial charge in [-0.1, -0.05) is 115 Å². The van der Waals surface area contributed by atoms with E-state index in [1.807, 2.05) is 42.5 Å². The maximum atomic E-state index is 12.8. The van der Waals surface area contributed by atoms with Gasteiger partial charge in [0.25, 0.3) is 0 Å². The number of carbonyl (C=O) groups is 1. The summed E-state index contributed by atoms with van der Waals surface area (Å²) in [6.45, 7) is 9.52. The highest BCUT2D eigenvalue weighted by molar-refractivity contribution is 5.91. The predicted octanol–water partition coefficient (Wildman–Crippen LogP) is 10.2. The summed E-state index contributed by atoms with van der Waals surface area (Å²) in [7, 11) is 0. The molecule has 0 radical (unpaired) electrons. The first-order chi connectivity index (χ1) is 17.6. The number of carbonyl (C=O) groups excluding carboxylic acids is 1. The fraction of sp³-hybridized carbons (Fsp3) is 0.606. The first-order valence-electron chi connectivity index (χ1n) is 14.6. The molecular formula is C33H50O3. The number of hydrogen-bond donors (Lipinski definition) is 0. The molecule has 2 atom stereocenters. The summed E-state index contributed by atoms with van der Waals surface area (Å²) in [6.07, 6.45) is 16.5. The molecule has 0 fully saturated rings. The summed E-state index contributed by atoms with van der Waals surface area (Å²) in [6, 6.07) is 15.6. The van der Waals surface area contributed by atoms with E-state index < -0.39 is 0 Å². The molecule has 3 nitrogen and oxygen atoms in total. The van der Waals surface area contributed by atoms with Gasteiger partial charge in [0, 0.05) is 6.61 Å². The Bertz CT molecular complexity index is 842. The molecular weight excluding hydrogens is 444 g/mol. The fourth-order valence-electron chi connectivity index (χ4n) is 4.83. The molecule has 2 rings (SSSR count). The van der Waals surface area contributed by atoms with Gasteiger partial charge < -0.3 is 9.47 Å². The molecule has 0 aromatic heterocycles. The Kier molecular flexibility index (Phi) is 15.2. The summed E-state index contributed by atoms with van der Waals surface area (Å²) >= 11 is 0. The van der Waals surface area contributed by atoms with Crippen LogP contribution in [0.1, 0.15) is 145 Å². The van der Waals surface area contributed by atoms with Crippen LogP contribution in [0.25, 0.3) is 0 Å². The summed E-state index contributed by atoms with van der Waals surface area (Å²) in [5.74, 6) is 0.786. The standard InChI is InChI=1S/C33H50O3/c1-5-8-9-10-11-12-13-14-15-18-26-35-27(4)29-22-24-30(25-23-29)33(34)36-32-21-17-16-20-31(32)28(7-3)19-6-2/h16-17,20-25,27-28H,5-15,18-19,26H2,1-4H3. The number of para-hydroxylation sites is 1. The Morgan fingerprint density at radius 2 is 1.36 bits per heavy atom. The highest BCUT2D eigenvalue weighted by Gasteiger charge is 2.17. The molecule has 0 aliphatic heterocycles. The molecule has 3 heteroatoms. The first kappa shape index (κ1) is 30.1. The summed E-state index contributed by atoms with van der Waals surface area (Å²) in [4.78, 5) is 12.8. The minimum absolute atomic E-state index is 0.0220. The molecule has 0 N–H and O–H groups in total. The van der Waals surface area contributed by atoms with Crippen molar-refractivity contribution in [1.29, 1.82) is 0 Å². The van der Waals surface area contributed by atoms with Gasteiger partial charge in [0.1, 0.15) is 5.75 Å². The quantitative estimate of drug-likeness (QED) is 0.111. The smallest absolute Gasteiger partial charge is 0.343 e. The van der Waals surface area contributed by atoms with E-state index in [4.69, 9.17) is 9.47 Å². The van der Waals surface area contributed by atoms with Crippen molar-refractivity contribution in [3.63, 3.8) is 0 Å². The van der Waals surface area contributed by atoms with E-state index >= 15 is 0 Å². The van der Waals surface area contributed by atoms with Gasteiger partial charge in [-0.05, 0) is 61.4 Å². The van der Waals surface area contributed by atoms with Gasteiger partial charge in [-0.15, -0.1) is 0 Å². The molecule has 0 saturated heterocycles. The molecule has 36 heavy (non-hydrogen) atoms. The normalized spacial score (nSPS) is 12.9. The molecule has 0 heterocycles. The lowest BCUT2D eigenvalue weighted by molar-refractivity contribution is 0.0625. The van der Waals surface area contributed by atoms with E-state index in [0.717, 1.165) is 43.4 Å². The van der Waals surface area contributed by atoms with Gasteiger partial charge in [0.05, 0.1) is 11.7 Å². The van der Waals surface area contributed by atoms with E-state index in [2.05, 4.69) is 33.8 Å². The lowest BCUT2D eigenvalue weighted by Crippen LogP contribution is -2.11. The average Bonchev–Trinajstić information content (AvgIpc) is 2.90. The Morgan fingerprint density at radius 1 is 0.750 bits per heavy atom. The van der Waals surface area contributed by atoms with E-state index in [1.54, 1.807) is 0 Å². The van der Waals surface area contributed by atoms with Crippen LogP contribution in [0.4, 0.5) is 0 Å². The zero-order valence-electron chi connectivity index (χ0n) is 23.4. The van der Waals surface area contributed by atoms with Crippen molar-refractivity contribution < 1.29 is 14.3 Å². The van der Waals surface area contributed by atoms with Crippen LogP contribution in [-0.2, 0) is 4.74 Å². The van der Waals surface area contributed by atoms with E-state index in [0.29, 0.717) is 17.2 Å². The van der Waals surface area contributed by atoms with Crippen molar-refractivity contribution in [3.05, 3.63) is 65.2 Å². The zero-order chi connectivity index (χ0) is 26.0. The van der Waals surface area contributed by atoms with Crippen LogP contribution < -0.4 is 4.74 Å². The number of hydrogen-bond acceptors (Lipinski definition) is 3. The van der Waals surface area contributed by atoms with E-state index in [-0.39, 0.29) is 12.1 Å². The van der Waals surface area contributed by atoms with Crippen LogP contribution in [-0.4, -0.2) is 12.6 Å². The van der Waals surface area contributed by atoms with Gasteiger partial charge in [-0.25, -0.2) is 4.79 Å². The molecule has 0 saturated carbocycles. The zero-order valence-corrected chi connectivity index (χ0v) is 23.4. The second-order valence-electron chi connectivity index (χ2n) is 10.1. The third-order valence-corrected chi connectivity index (χ3v) is 7.17. The van der Waals surface area contributed by atoms with Gasteiger partial charge in [-0.3, -0.25) is 0 Å². The van der Waals surface area contributed by atoms with Crippen LogP contribution in [0.2, 0.25) is 0 Å². The molecule has 2 aromatic carbocycles. The first-order valence-corrected chi connectivity index (χ1v) is 14.6. The fourth-order valence-corrected chi connectivity index (χ4v) is 4.83. The lowest BCUT2D eigenvalue weighted by atomic mass is 9.91. The number of rotatable bonds is 19. The third-order valence-electron chi connectivity index (χ3n) is 7.17. The number of unbranched alkanes of at least 4 members (excludes halogenated alkanes) is 9. The van der Waals surface area contributed by atoms with Gasteiger partial charge in [0.15, 0.2) is 0 Å². The maximum Gasteiger partial charge on any atom is 0.343 e. The minimum Gasteiger partial charge on any atom is -0.423 e. The topological polar surface area (TPSA) is 35.5 Å². The third kappa shape index (κ3) is 10.9. The maximum absolute atomic E-state index is 12.8. The molecule has 0 spiro atoms. The minimum atomic E-state index is -0.306. The van der Waals surface area contributed by atoms with Gasteiger partial charge in [0.2, 0.25) is 0 Å². The van der Waals surface area contributed by atoms with E-state index in [1.165, 1.54) is 57.8 Å². The van der Waals surface area contributed by atoms with Crippen molar-refractivity contribution in [3.8, 4) is 5.75 Å². The molecule has 200 valence electrons. The van der Waals surface area contributed by atoms with Crippen LogP contribution in [0.15, 0.2) is 48.5 Å². The second kappa shape index (κ2) is 18.2. The van der Waals surface area contributed by atoms with Crippen LogP contribution in [0, 0.1) is 0 Å². The highest BCUT2D eigenvalue weighted by atomic mass is 16.5. The highest BCUT2D eigenvalue weighted by Crippen LogP contribution is 2.32. The molecule has 2 aromatic rings. The van der Waals surface area contributed by atoms with Crippen molar-refractivity contribution in [1.82, 2.24) is 0 Å². The molecule has 0 bridgehead atoms. The predicted molar refractivity (Wildman–Crippen MR) is 152 cm³/mol. The Hall–Kier alpha value is -2.13. The van der Waals surface area contributed by atoms with Crippen molar-refractivity contribution in [2.24, 2.45) is 0 Å². The number of esters is 1. The summed E-state index contributed by atoms with van der Waals surface area (Å²) in [5.41, 5.74) is 2.79. The van der Waals surface area contributed by atoms with E-state index in [9.17, 15) is 4.79 Å². The SMILES string of the molecule is CCCCCCCCCCCCOC(C)c1ccc(C(=O)Oc2ccccc2C(CC)CCC)cc1. The largest absolute Gasteiger partial charge is 0.423 e. The summed E-state index contributed by atoms with van der Waals surface area (Å²) in [5, 5.41) is 0. The number of ether oxygens (including phenoxy) is 2. The Morgan fingerprint density at radius 3 is 1.97 bits per heavy atom. The number of benzene rings is 2. The molecule has 0 aliphatic rings. The second-order valence-corrected chi connectivity index (χ2v) is 10.1. The van der Waals surface area contributed by atoms with Crippen molar-refractivity contribution in [2.45, 2.75) is 123 Å². The van der Waals surface area contributed by atoms with Crippen LogP contribution >= 0.6 is 0 Å². The van der Waals surface area contributed by atoms with Gasteiger partial charge >= 0.3 is 5.97 Å². The Balaban J connectivity index is 1.74. The monoisotopic (exact) mass is 494 g/mol.